The third-order valence-electron chi connectivity index (χ3n) is 6.96. The maximum Gasteiger partial charge on any atom is 0.269 e. The van der Waals surface area contributed by atoms with Gasteiger partial charge in [0.15, 0.2) is 0 Å². The van der Waals surface area contributed by atoms with Crippen LogP contribution in [0, 0.1) is 21.8 Å². The molecule has 37 heavy (non-hydrogen) atoms. The van der Waals surface area contributed by atoms with Crippen molar-refractivity contribution in [3.63, 3.8) is 0 Å². The normalized spacial score (nSPS) is 22.7. The molecule has 2 aromatic carbocycles. The van der Waals surface area contributed by atoms with Gasteiger partial charge in [0.1, 0.15) is 5.82 Å². The predicted molar refractivity (Wildman–Crippen MR) is 133 cm³/mol. The van der Waals surface area contributed by atoms with Gasteiger partial charge in [-0.2, -0.15) is 4.31 Å². The van der Waals surface area contributed by atoms with Crippen molar-refractivity contribution in [1.82, 2.24) is 14.9 Å². The standard InChI is InChI=1S/C25H29FN4O6S/c26-19-9-7-17(8-10-19)24(31)27-22-5-1-2-6-23(22)28-25(32)18-4-3-15-29(16-18)37(35,36)21-13-11-20(12-14-21)30(33)34/h7-14,18,22-23H,1-6,15-16H2,(H,27,31)(H,28,32)/t18?,22-,23-/m1/s1. The van der Waals surface area contributed by atoms with Crippen LogP contribution in [0.3, 0.4) is 0 Å². The minimum atomic E-state index is -3.92. The SMILES string of the molecule is O=C(N[C@@H]1CCCC[C@H]1NC(=O)C1CCCN(S(=O)(=O)c2ccc([N+](=O)[O-])cc2)C1)c1ccc(F)cc1. The molecule has 198 valence electrons. The minimum absolute atomic E-state index is 0.00444. The molecule has 2 N–H and O–H groups in total. The molecule has 2 fully saturated rings. The zero-order valence-electron chi connectivity index (χ0n) is 20.1. The molecule has 2 aromatic rings. The van der Waals surface area contributed by atoms with Gasteiger partial charge in [-0.05, 0) is 62.1 Å². The number of carbonyl (C=O) groups excluding carboxylic acids is 2. The second-order valence-electron chi connectivity index (χ2n) is 9.44. The van der Waals surface area contributed by atoms with Crippen LogP contribution >= 0.6 is 0 Å². The molecule has 3 atom stereocenters. The van der Waals surface area contributed by atoms with Crippen LogP contribution in [-0.4, -0.2) is 54.6 Å². The monoisotopic (exact) mass is 532 g/mol. The summed E-state index contributed by atoms with van der Waals surface area (Å²) in [7, 11) is -3.92. The minimum Gasteiger partial charge on any atom is -0.351 e. The van der Waals surface area contributed by atoms with Gasteiger partial charge >= 0.3 is 0 Å². The van der Waals surface area contributed by atoms with Gasteiger partial charge in [-0.15, -0.1) is 0 Å². The fraction of sp³-hybridized carbons (Fsp3) is 0.440. The lowest BCUT2D eigenvalue weighted by Gasteiger charge is -2.36. The summed E-state index contributed by atoms with van der Waals surface area (Å²) in [6.45, 7) is 0.257. The van der Waals surface area contributed by atoms with E-state index in [-0.39, 0.29) is 47.6 Å². The number of nitro benzene ring substituents is 1. The first-order valence-electron chi connectivity index (χ1n) is 12.3. The molecule has 0 radical (unpaired) electrons. The van der Waals surface area contributed by atoms with Crippen molar-refractivity contribution in [3.8, 4) is 0 Å². The van der Waals surface area contributed by atoms with E-state index < -0.39 is 26.7 Å². The average molecular weight is 533 g/mol. The summed E-state index contributed by atoms with van der Waals surface area (Å²) >= 11 is 0. The Hall–Kier alpha value is -3.38. The molecule has 2 amide bonds. The number of benzene rings is 2. The number of rotatable bonds is 7. The number of hydrogen-bond donors (Lipinski definition) is 2. The van der Waals surface area contributed by atoms with E-state index in [1.165, 1.54) is 40.7 Å². The summed E-state index contributed by atoms with van der Waals surface area (Å²) < 4.78 is 40.7. The number of halogens is 1. The van der Waals surface area contributed by atoms with E-state index in [2.05, 4.69) is 10.6 Å². The Labute approximate surface area is 214 Å². The highest BCUT2D eigenvalue weighted by Crippen LogP contribution is 2.26. The van der Waals surface area contributed by atoms with Gasteiger partial charge in [0, 0.05) is 42.9 Å². The molecule has 1 unspecified atom stereocenters. The molecule has 1 heterocycles. The van der Waals surface area contributed by atoms with Crippen molar-refractivity contribution in [2.75, 3.05) is 13.1 Å². The molecule has 4 rings (SSSR count). The molecule has 0 spiro atoms. The first-order chi connectivity index (χ1) is 17.6. The summed E-state index contributed by atoms with van der Waals surface area (Å²) in [5.74, 6) is -1.60. The van der Waals surface area contributed by atoms with E-state index >= 15 is 0 Å². The van der Waals surface area contributed by atoms with E-state index in [0.717, 1.165) is 25.0 Å². The van der Waals surface area contributed by atoms with Crippen LogP contribution in [0.4, 0.5) is 10.1 Å². The maximum absolute atomic E-state index is 13.2. The smallest absolute Gasteiger partial charge is 0.269 e. The van der Waals surface area contributed by atoms with Gasteiger partial charge < -0.3 is 10.6 Å². The molecule has 12 heteroatoms. The Morgan fingerprint density at radius 1 is 0.919 bits per heavy atom. The first-order valence-corrected chi connectivity index (χ1v) is 13.7. The van der Waals surface area contributed by atoms with Crippen LogP contribution in [-0.2, 0) is 14.8 Å². The second kappa shape index (κ2) is 11.3. The topological polar surface area (TPSA) is 139 Å². The molecule has 1 aliphatic heterocycles. The van der Waals surface area contributed by atoms with Crippen molar-refractivity contribution in [3.05, 3.63) is 70.0 Å². The first kappa shape index (κ1) is 26.7. The number of sulfonamides is 1. The Kier molecular flexibility index (Phi) is 8.18. The van der Waals surface area contributed by atoms with E-state index in [0.29, 0.717) is 31.2 Å². The second-order valence-corrected chi connectivity index (χ2v) is 11.4. The molecule has 1 saturated carbocycles. The fourth-order valence-electron chi connectivity index (χ4n) is 4.89. The zero-order valence-corrected chi connectivity index (χ0v) is 21.0. The Bertz CT molecular complexity index is 1250. The van der Waals surface area contributed by atoms with Gasteiger partial charge in [-0.1, -0.05) is 12.8 Å². The lowest BCUT2D eigenvalue weighted by atomic mass is 9.89. The molecule has 2 aliphatic rings. The van der Waals surface area contributed by atoms with E-state index in [4.69, 9.17) is 0 Å². The number of nitro groups is 1. The van der Waals surface area contributed by atoms with Gasteiger partial charge in [0.2, 0.25) is 15.9 Å². The number of piperidine rings is 1. The van der Waals surface area contributed by atoms with E-state index in [1.807, 2.05) is 0 Å². The number of carbonyl (C=O) groups is 2. The Morgan fingerprint density at radius 3 is 2.16 bits per heavy atom. The van der Waals surface area contributed by atoms with Crippen molar-refractivity contribution >= 4 is 27.5 Å². The van der Waals surface area contributed by atoms with Gasteiger partial charge in [-0.3, -0.25) is 19.7 Å². The highest BCUT2D eigenvalue weighted by atomic mass is 32.2. The van der Waals surface area contributed by atoms with Gasteiger partial charge in [0.05, 0.1) is 15.7 Å². The number of hydrogen-bond acceptors (Lipinski definition) is 6. The lowest BCUT2D eigenvalue weighted by molar-refractivity contribution is -0.384. The largest absolute Gasteiger partial charge is 0.351 e. The van der Waals surface area contributed by atoms with Crippen LogP contribution in [0.1, 0.15) is 48.9 Å². The van der Waals surface area contributed by atoms with Crippen molar-refractivity contribution in [2.24, 2.45) is 5.92 Å². The number of nitrogens with one attached hydrogen (secondary N) is 2. The van der Waals surface area contributed by atoms with Crippen molar-refractivity contribution in [2.45, 2.75) is 55.5 Å². The highest BCUT2D eigenvalue weighted by Gasteiger charge is 2.36. The van der Waals surface area contributed by atoms with Gasteiger partial charge in [-0.25, -0.2) is 12.8 Å². The van der Waals surface area contributed by atoms with Crippen molar-refractivity contribution in [1.29, 1.82) is 0 Å². The van der Waals surface area contributed by atoms with Crippen LogP contribution in [0.15, 0.2) is 53.4 Å². The van der Waals surface area contributed by atoms with Gasteiger partial charge in [0.25, 0.3) is 11.6 Å². The lowest BCUT2D eigenvalue weighted by Crippen LogP contribution is -2.55. The number of non-ortho nitro benzene ring substituents is 1. The maximum atomic E-state index is 13.2. The molecular weight excluding hydrogens is 503 g/mol. The Morgan fingerprint density at radius 2 is 1.54 bits per heavy atom. The molecule has 0 aromatic heterocycles. The molecule has 10 nitrogen and oxygen atoms in total. The van der Waals surface area contributed by atoms with Crippen LogP contribution in [0.2, 0.25) is 0 Å². The van der Waals surface area contributed by atoms with E-state index in [1.54, 1.807) is 0 Å². The van der Waals surface area contributed by atoms with Crippen molar-refractivity contribution < 1.29 is 27.3 Å². The quantitative estimate of drug-likeness (QED) is 0.415. The zero-order chi connectivity index (χ0) is 26.6. The van der Waals surface area contributed by atoms with Crippen LogP contribution < -0.4 is 10.6 Å². The third-order valence-corrected chi connectivity index (χ3v) is 8.84. The number of amides is 2. The summed E-state index contributed by atoms with van der Waals surface area (Å²) in [6, 6.07) is 9.34. The summed E-state index contributed by atoms with van der Waals surface area (Å²) in [6.07, 6.45) is 4.17. The predicted octanol–water partition coefficient (Wildman–Crippen LogP) is 2.99. The Balaban J connectivity index is 1.39. The summed E-state index contributed by atoms with van der Waals surface area (Å²) in [4.78, 5) is 36.0. The number of nitrogens with zero attached hydrogens (tertiary/aromatic N) is 2. The van der Waals surface area contributed by atoms with Crippen LogP contribution in [0.25, 0.3) is 0 Å². The molecule has 1 saturated heterocycles. The third kappa shape index (κ3) is 6.31. The fourth-order valence-corrected chi connectivity index (χ4v) is 6.42. The van der Waals surface area contributed by atoms with Crippen LogP contribution in [0.5, 0.6) is 0 Å². The van der Waals surface area contributed by atoms with E-state index in [9.17, 15) is 32.5 Å². The summed E-state index contributed by atoms with van der Waals surface area (Å²) in [5, 5.41) is 16.9. The molecule has 1 aliphatic carbocycles. The highest BCUT2D eigenvalue weighted by molar-refractivity contribution is 7.89. The molecular formula is C25H29FN4O6S. The molecule has 0 bridgehead atoms. The average Bonchev–Trinajstić information content (AvgIpc) is 2.90. The summed E-state index contributed by atoms with van der Waals surface area (Å²) in [5.41, 5.74) is 0.125.